The van der Waals surface area contributed by atoms with Crippen molar-refractivity contribution in [2.75, 3.05) is 19.7 Å². The van der Waals surface area contributed by atoms with Gasteiger partial charge in [-0.3, -0.25) is 4.79 Å². The van der Waals surface area contributed by atoms with Crippen LogP contribution in [0, 0.1) is 19.7 Å². The van der Waals surface area contributed by atoms with Gasteiger partial charge in [0.1, 0.15) is 17.7 Å². The predicted molar refractivity (Wildman–Crippen MR) is 81.4 cm³/mol. The van der Waals surface area contributed by atoms with Crippen molar-refractivity contribution in [2.45, 2.75) is 26.4 Å². The molecule has 1 saturated heterocycles. The number of ether oxygens (including phenoxy) is 1. The van der Waals surface area contributed by atoms with Crippen LogP contribution >= 0.6 is 0 Å². The zero-order valence-corrected chi connectivity index (χ0v) is 13.2. The van der Waals surface area contributed by atoms with E-state index in [0.29, 0.717) is 25.5 Å². The van der Waals surface area contributed by atoms with Crippen molar-refractivity contribution in [1.82, 2.24) is 10.1 Å². The highest BCUT2D eigenvalue weighted by atomic mass is 19.1. The van der Waals surface area contributed by atoms with Crippen LogP contribution in [-0.2, 0) is 16.0 Å². The van der Waals surface area contributed by atoms with Gasteiger partial charge in [0, 0.05) is 12.1 Å². The molecule has 0 radical (unpaired) electrons. The van der Waals surface area contributed by atoms with E-state index in [-0.39, 0.29) is 24.2 Å². The molecule has 0 bridgehead atoms. The normalized spacial score (nSPS) is 18.2. The molecular weight excluding hydrogens is 299 g/mol. The number of hydrogen-bond donors (Lipinski definition) is 0. The maximum atomic E-state index is 13.0. The third-order valence-corrected chi connectivity index (χ3v) is 4.17. The molecule has 1 amide bonds. The summed E-state index contributed by atoms with van der Waals surface area (Å²) in [4.78, 5) is 14.3. The van der Waals surface area contributed by atoms with E-state index in [2.05, 4.69) is 5.16 Å². The maximum Gasteiger partial charge on any atom is 0.227 e. The van der Waals surface area contributed by atoms with Crippen molar-refractivity contribution < 1.29 is 18.4 Å². The molecule has 1 fully saturated rings. The minimum Gasteiger partial charge on any atom is -0.370 e. The SMILES string of the molecule is Cc1noc(C)c1CC(=O)N1CCOC(c2ccc(F)cc2)C1. The number of aromatic nitrogens is 1. The lowest BCUT2D eigenvalue weighted by atomic mass is 10.1. The molecule has 0 spiro atoms. The molecule has 1 aromatic carbocycles. The van der Waals surface area contributed by atoms with E-state index in [1.165, 1.54) is 12.1 Å². The first-order valence-electron chi connectivity index (χ1n) is 7.61. The summed E-state index contributed by atoms with van der Waals surface area (Å²) in [6.45, 7) is 5.13. The molecule has 2 heterocycles. The average Bonchev–Trinajstić information content (AvgIpc) is 2.87. The van der Waals surface area contributed by atoms with Crippen LogP contribution in [0.4, 0.5) is 4.39 Å². The lowest BCUT2D eigenvalue weighted by molar-refractivity contribution is -0.138. The van der Waals surface area contributed by atoms with Gasteiger partial charge in [-0.1, -0.05) is 17.3 Å². The largest absolute Gasteiger partial charge is 0.370 e. The predicted octanol–water partition coefficient (Wildman–Crippen LogP) is 2.57. The molecule has 0 N–H and O–H groups in total. The summed E-state index contributed by atoms with van der Waals surface area (Å²) in [5.74, 6) is 0.421. The van der Waals surface area contributed by atoms with E-state index in [1.54, 1.807) is 17.0 Å². The highest BCUT2D eigenvalue weighted by Gasteiger charge is 2.26. The molecule has 0 aliphatic carbocycles. The van der Waals surface area contributed by atoms with Crippen LogP contribution in [0.3, 0.4) is 0 Å². The fourth-order valence-corrected chi connectivity index (χ4v) is 2.77. The number of hydrogen-bond acceptors (Lipinski definition) is 4. The summed E-state index contributed by atoms with van der Waals surface area (Å²) in [5, 5.41) is 3.88. The topological polar surface area (TPSA) is 55.6 Å². The van der Waals surface area contributed by atoms with Crippen molar-refractivity contribution in [3.63, 3.8) is 0 Å². The van der Waals surface area contributed by atoms with Crippen LogP contribution in [0.15, 0.2) is 28.8 Å². The second-order valence-electron chi connectivity index (χ2n) is 5.73. The zero-order valence-electron chi connectivity index (χ0n) is 13.2. The van der Waals surface area contributed by atoms with Crippen LogP contribution in [-0.4, -0.2) is 35.7 Å². The highest BCUT2D eigenvalue weighted by Crippen LogP contribution is 2.23. The van der Waals surface area contributed by atoms with E-state index in [9.17, 15) is 9.18 Å². The molecular formula is C17H19FN2O3. The molecule has 3 rings (SSSR count). The lowest BCUT2D eigenvalue weighted by Gasteiger charge is -2.33. The van der Waals surface area contributed by atoms with Gasteiger partial charge >= 0.3 is 0 Å². The van der Waals surface area contributed by atoms with Crippen molar-refractivity contribution in [3.05, 3.63) is 52.7 Å². The second-order valence-corrected chi connectivity index (χ2v) is 5.73. The standard InChI is InChI=1S/C17H19FN2O3/c1-11-15(12(2)23-19-11)9-17(21)20-7-8-22-16(10-20)13-3-5-14(18)6-4-13/h3-6,16H,7-10H2,1-2H3. The molecule has 1 unspecified atom stereocenters. The number of morpholine rings is 1. The van der Waals surface area contributed by atoms with Gasteiger partial charge in [0.05, 0.1) is 25.3 Å². The Hall–Kier alpha value is -2.21. The molecule has 5 nitrogen and oxygen atoms in total. The van der Waals surface area contributed by atoms with Crippen molar-refractivity contribution in [1.29, 1.82) is 0 Å². The van der Waals surface area contributed by atoms with Crippen LogP contribution in [0.1, 0.15) is 28.7 Å². The quantitative estimate of drug-likeness (QED) is 0.873. The smallest absolute Gasteiger partial charge is 0.227 e. The minimum atomic E-state index is -0.282. The number of halogens is 1. The molecule has 1 aliphatic rings. The van der Waals surface area contributed by atoms with Gasteiger partial charge in [0.2, 0.25) is 5.91 Å². The van der Waals surface area contributed by atoms with Gasteiger partial charge in [-0.15, -0.1) is 0 Å². The number of carbonyl (C=O) groups excluding carboxylic acids is 1. The number of carbonyl (C=O) groups is 1. The summed E-state index contributed by atoms with van der Waals surface area (Å²) in [6, 6.07) is 6.21. The molecule has 122 valence electrons. The Morgan fingerprint density at radius 1 is 1.35 bits per heavy atom. The summed E-state index contributed by atoms with van der Waals surface area (Å²) in [7, 11) is 0. The van der Waals surface area contributed by atoms with Crippen molar-refractivity contribution >= 4 is 5.91 Å². The number of aryl methyl sites for hydroxylation is 2. The Kier molecular flexibility index (Phi) is 4.43. The Balaban J connectivity index is 1.68. The van der Waals surface area contributed by atoms with Crippen molar-refractivity contribution in [2.24, 2.45) is 0 Å². The zero-order chi connectivity index (χ0) is 16.4. The van der Waals surface area contributed by atoms with E-state index < -0.39 is 0 Å². The van der Waals surface area contributed by atoms with Crippen molar-refractivity contribution in [3.8, 4) is 0 Å². The number of nitrogens with zero attached hydrogens (tertiary/aromatic N) is 2. The van der Waals surface area contributed by atoms with E-state index in [4.69, 9.17) is 9.26 Å². The first kappa shape index (κ1) is 15.7. The number of amides is 1. The van der Waals surface area contributed by atoms with Gasteiger partial charge in [0.15, 0.2) is 0 Å². The monoisotopic (exact) mass is 318 g/mol. The van der Waals surface area contributed by atoms with Gasteiger partial charge in [0.25, 0.3) is 0 Å². The summed E-state index contributed by atoms with van der Waals surface area (Å²) >= 11 is 0. The maximum absolute atomic E-state index is 13.0. The first-order valence-corrected chi connectivity index (χ1v) is 7.61. The molecule has 1 aromatic heterocycles. The van der Waals surface area contributed by atoms with Crippen LogP contribution < -0.4 is 0 Å². The van der Waals surface area contributed by atoms with Crippen LogP contribution in [0.5, 0.6) is 0 Å². The average molecular weight is 318 g/mol. The Morgan fingerprint density at radius 2 is 2.09 bits per heavy atom. The van der Waals surface area contributed by atoms with Gasteiger partial charge in [-0.2, -0.15) is 0 Å². The summed E-state index contributed by atoms with van der Waals surface area (Å²) in [5.41, 5.74) is 2.47. The molecule has 0 saturated carbocycles. The second kappa shape index (κ2) is 6.50. The van der Waals surface area contributed by atoms with Gasteiger partial charge in [-0.25, -0.2) is 4.39 Å². The Morgan fingerprint density at radius 3 is 2.74 bits per heavy atom. The third kappa shape index (κ3) is 3.42. The minimum absolute atomic E-state index is 0.0230. The molecule has 23 heavy (non-hydrogen) atoms. The summed E-state index contributed by atoms with van der Waals surface area (Å²) in [6.07, 6.45) is 0.0510. The molecule has 2 aromatic rings. The van der Waals surface area contributed by atoms with Gasteiger partial charge in [-0.05, 0) is 31.5 Å². The number of rotatable bonds is 3. The third-order valence-electron chi connectivity index (χ3n) is 4.17. The van der Waals surface area contributed by atoms with E-state index in [0.717, 1.165) is 16.8 Å². The van der Waals surface area contributed by atoms with E-state index >= 15 is 0 Å². The molecule has 1 aliphatic heterocycles. The van der Waals surface area contributed by atoms with Crippen LogP contribution in [0.25, 0.3) is 0 Å². The van der Waals surface area contributed by atoms with Gasteiger partial charge < -0.3 is 14.2 Å². The fraction of sp³-hybridized carbons (Fsp3) is 0.412. The number of benzene rings is 1. The lowest BCUT2D eigenvalue weighted by Crippen LogP contribution is -2.43. The molecule has 1 atom stereocenters. The van der Waals surface area contributed by atoms with Crippen LogP contribution in [0.2, 0.25) is 0 Å². The highest BCUT2D eigenvalue weighted by molar-refractivity contribution is 5.79. The Bertz CT molecular complexity index is 677. The van der Waals surface area contributed by atoms with E-state index in [1.807, 2.05) is 13.8 Å². The molecule has 6 heteroatoms. The Labute approximate surface area is 134 Å². The fourth-order valence-electron chi connectivity index (χ4n) is 2.77. The summed E-state index contributed by atoms with van der Waals surface area (Å²) < 4.78 is 23.8. The first-order chi connectivity index (χ1) is 11.0.